The van der Waals surface area contributed by atoms with Gasteiger partial charge in [0.15, 0.2) is 0 Å². The molecule has 0 amide bonds. The van der Waals surface area contributed by atoms with Crippen LogP contribution < -0.4 is 44.7 Å². The van der Waals surface area contributed by atoms with E-state index in [9.17, 15) is 9.90 Å². The maximum Gasteiger partial charge on any atom is 1.00 e. The van der Waals surface area contributed by atoms with Crippen molar-refractivity contribution in [3.8, 4) is 17.4 Å². The van der Waals surface area contributed by atoms with E-state index < -0.39 is 5.97 Å². The van der Waals surface area contributed by atoms with Gasteiger partial charge in [-0.2, -0.15) is 0 Å². The monoisotopic (exact) mass is 508 g/mol. The van der Waals surface area contributed by atoms with Crippen LogP contribution in [0.2, 0.25) is 0 Å². The Morgan fingerprint density at radius 3 is 1.89 bits per heavy atom. The summed E-state index contributed by atoms with van der Waals surface area (Å²) in [6, 6.07) is 7.81. The van der Waals surface area contributed by atoms with E-state index in [1.165, 1.54) is 89.9 Å². The molecule has 0 saturated carbocycles. The van der Waals surface area contributed by atoms with Crippen molar-refractivity contribution in [3.05, 3.63) is 30.0 Å². The summed E-state index contributed by atoms with van der Waals surface area (Å²) in [4.78, 5) is 15.2. The number of carbonyl (C=O) groups excluding carboxylic acids is 1. The summed E-state index contributed by atoms with van der Waals surface area (Å²) >= 11 is 0. The molecule has 0 bridgehead atoms. The summed E-state index contributed by atoms with van der Waals surface area (Å²) in [5.74, 6) is -0.719. The number of carbonyl (C=O) groups is 1. The second-order valence-electron chi connectivity index (χ2n) is 9.34. The van der Waals surface area contributed by atoms with Gasteiger partial charge < -0.3 is 24.4 Å². The van der Waals surface area contributed by atoms with Crippen molar-refractivity contribution in [1.82, 2.24) is 4.98 Å². The summed E-state index contributed by atoms with van der Waals surface area (Å²) in [6.45, 7) is 5.42. The van der Waals surface area contributed by atoms with E-state index in [1.807, 2.05) is 31.2 Å². The van der Waals surface area contributed by atoms with E-state index in [0.717, 1.165) is 17.8 Å². The van der Waals surface area contributed by atoms with Crippen LogP contribution in [0.25, 0.3) is 11.5 Å². The Kier molecular flexibility index (Phi) is 18.6. The molecule has 36 heavy (non-hydrogen) atoms. The summed E-state index contributed by atoms with van der Waals surface area (Å²) in [5, 5.41) is 14.4. The first-order chi connectivity index (χ1) is 17.1. The van der Waals surface area contributed by atoms with Crippen molar-refractivity contribution in [2.24, 2.45) is 0 Å². The zero-order valence-corrected chi connectivity index (χ0v) is 24.9. The van der Waals surface area contributed by atoms with Crippen molar-refractivity contribution < 1.29 is 48.6 Å². The molecule has 2 aromatic rings. The van der Waals surface area contributed by atoms with Crippen LogP contribution in [0.5, 0.6) is 5.95 Å². The van der Waals surface area contributed by atoms with E-state index in [4.69, 9.17) is 9.15 Å². The minimum Gasteiger partial charge on any atom is -0.550 e. The van der Waals surface area contributed by atoms with Gasteiger partial charge in [-0.15, -0.1) is 0 Å². The molecule has 0 fully saturated rings. The standard InChI is InChI=1S/C29H46N2O4.Na/c1-3-5-6-7-8-9-10-11-12-13-14-15-16-17-22-30-25-20-18-24(19-21-25)28-31-26(23-27(32)33)29(35-28)34-4-2;/h18-21,30H,3-17,22-23H2,1-2H3,(H,32,33);/q;+1/p-1. The molecule has 1 aromatic heterocycles. The van der Waals surface area contributed by atoms with Crippen LogP contribution in [0.3, 0.4) is 0 Å². The third kappa shape index (κ3) is 13.7. The van der Waals surface area contributed by atoms with Crippen molar-refractivity contribution in [2.75, 3.05) is 18.5 Å². The fourth-order valence-electron chi connectivity index (χ4n) is 4.24. The van der Waals surface area contributed by atoms with Gasteiger partial charge in [-0.05, 0) is 37.6 Å². The molecule has 0 aliphatic rings. The van der Waals surface area contributed by atoms with Gasteiger partial charge in [0.05, 0.1) is 6.61 Å². The summed E-state index contributed by atoms with van der Waals surface area (Å²) in [5.41, 5.74) is 2.08. The number of hydrogen-bond donors (Lipinski definition) is 1. The van der Waals surface area contributed by atoms with E-state index in [1.54, 1.807) is 0 Å². The number of ether oxygens (including phenoxy) is 1. The van der Waals surface area contributed by atoms with E-state index in [-0.39, 0.29) is 47.6 Å². The number of carboxylic acids is 1. The molecule has 1 aromatic carbocycles. The van der Waals surface area contributed by atoms with Crippen LogP contribution in [-0.4, -0.2) is 24.1 Å². The second kappa shape index (κ2) is 20.5. The molecule has 1 heterocycles. The first-order valence-electron chi connectivity index (χ1n) is 13.8. The molecule has 0 spiro atoms. The number of nitrogens with zero attached hydrogens (tertiary/aromatic N) is 1. The SMILES string of the molecule is CCCCCCCCCCCCCCCCNc1ccc(-c2nc(CC(=O)[O-])c(OCC)o2)cc1.[Na+]. The molecule has 0 unspecified atom stereocenters. The van der Waals surface area contributed by atoms with Gasteiger partial charge in [0.1, 0.15) is 5.69 Å². The Labute approximate surface area is 240 Å². The maximum absolute atomic E-state index is 10.9. The summed E-state index contributed by atoms with van der Waals surface area (Å²) in [7, 11) is 0. The molecule has 6 nitrogen and oxygen atoms in total. The van der Waals surface area contributed by atoms with Gasteiger partial charge in [0.25, 0.3) is 0 Å². The second-order valence-corrected chi connectivity index (χ2v) is 9.34. The molecule has 7 heteroatoms. The average molecular weight is 509 g/mol. The van der Waals surface area contributed by atoms with Gasteiger partial charge in [-0.3, -0.25) is 0 Å². The van der Waals surface area contributed by atoms with Crippen molar-refractivity contribution in [2.45, 2.75) is 110 Å². The number of hydrogen-bond acceptors (Lipinski definition) is 6. The van der Waals surface area contributed by atoms with Crippen molar-refractivity contribution in [1.29, 1.82) is 0 Å². The van der Waals surface area contributed by atoms with Gasteiger partial charge >= 0.3 is 35.5 Å². The Morgan fingerprint density at radius 2 is 1.39 bits per heavy atom. The fourth-order valence-corrected chi connectivity index (χ4v) is 4.24. The number of nitrogens with one attached hydrogen (secondary N) is 1. The van der Waals surface area contributed by atoms with Gasteiger partial charge in [0.2, 0.25) is 5.89 Å². The number of anilines is 1. The number of carboxylic acid groups (broad SMARTS) is 1. The number of oxazole rings is 1. The Hall–Kier alpha value is -1.50. The molecule has 0 aliphatic carbocycles. The Balaban J connectivity index is 0.00000648. The third-order valence-corrected chi connectivity index (χ3v) is 6.24. The first kappa shape index (κ1) is 32.5. The van der Waals surface area contributed by atoms with E-state index in [0.29, 0.717) is 12.5 Å². The van der Waals surface area contributed by atoms with Gasteiger partial charge in [-0.1, -0.05) is 90.4 Å². The molecule has 0 atom stereocenters. The van der Waals surface area contributed by atoms with Crippen molar-refractivity contribution in [3.63, 3.8) is 0 Å². The zero-order valence-electron chi connectivity index (χ0n) is 22.9. The molecule has 0 aliphatic heterocycles. The molecule has 1 N–H and O–H groups in total. The molecule has 196 valence electrons. The van der Waals surface area contributed by atoms with Crippen LogP contribution in [-0.2, 0) is 11.2 Å². The summed E-state index contributed by atoms with van der Waals surface area (Å²) < 4.78 is 11.0. The predicted octanol–water partition coefficient (Wildman–Crippen LogP) is 3.93. The number of aliphatic carboxylic acids is 1. The topological polar surface area (TPSA) is 87.4 Å². The Morgan fingerprint density at radius 1 is 0.861 bits per heavy atom. The van der Waals surface area contributed by atoms with Crippen LogP contribution >= 0.6 is 0 Å². The molecule has 2 rings (SSSR count). The molecular weight excluding hydrogens is 463 g/mol. The third-order valence-electron chi connectivity index (χ3n) is 6.24. The van der Waals surface area contributed by atoms with Crippen LogP contribution in [0.1, 0.15) is 109 Å². The van der Waals surface area contributed by atoms with Gasteiger partial charge in [0, 0.05) is 30.2 Å². The van der Waals surface area contributed by atoms with Crippen molar-refractivity contribution >= 4 is 11.7 Å². The number of rotatable bonds is 21. The van der Waals surface area contributed by atoms with Crippen LogP contribution in [0.15, 0.2) is 28.7 Å². The first-order valence-corrected chi connectivity index (χ1v) is 13.8. The number of aromatic nitrogens is 1. The van der Waals surface area contributed by atoms with Crippen LogP contribution in [0, 0.1) is 0 Å². The predicted molar refractivity (Wildman–Crippen MR) is 141 cm³/mol. The van der Waals surface area contributed by atoms with Gasteiger partial charge in [-0.25, -0.2) is 4.98 Å². The quantitative estimate of drug-likeness (QED) is 0.203. The summed E-state index contributed by atoms with van der Waals surface area (Å²) in [6.07, 6.45) is 18.8. The molecule has 0 saturated heterocycles. The Bertz CT molecular complexity index is 823. The largest absolute Gasteiger partial charge is 1.00 e. The normalized spacial score (nSPS) is 10.7. The smallest absolute Gasteiger partial charge is 0.550 e. The van der Waals surface area contributed by atoms with E-state index in [2.05, 4.69) is 17.2 Å². The minimum atomic E-state index is -1.21. The minimum absolute atomic E-state index is 0. The van der Waals surface area contributed by atoms with E-state index >= 15 is 0 Å². The number of unbranched alkanes of at least 4 members (excludes halogenated alkanes) is 13. The number of benzene rings is 1. The molecule has 0 radical (unpaired) electrons. The fraction of sp³-hybridized carbons (Fsp3) is 0.655. The van der Waals surface area contributed by atoms with Crippen LogP contribution in [0.4, 0.5) is 5.69 Å². The average Bonchev–Trinajstić information content (AvgIpc) is 3.23. The maximum atomic E-state index is 10.9. The zero-order chi connectivity index (χ0) is 25.1. The molecular formula is C29H45N2NaO4.